The Kier molecular flexibility index (Phi) is 4.29. The Bertz CT molecular complexity index is 440. The van der Waals surface area contributed by atoms with Crippen molar-refractivity contribution in [3.05, 3.63) is 28.2 Å². The van der Waals surface area contributed by atoms with Crippen LogP contribution >= 0.6 is 15.9 Å². The zero-order valence-corrected chi connectivity index (χ0v) is 11.2. The molecule has 0 aromatic heterocycles. The summed E-state index contributed by atoms with van der Waals surface area (Å²) in [6, 6.07) is 2.39. The van der Waals surface area contributed by atoms with Crippen molar-refractivity contribution in [2.75, 3.05) is 11.9 Å². The molecule has 0 saturated heterocycles. The molecule has 0 radical (unpaired) electrons. The summed E-state index contributed by atoms with van der Waals surface area (Å²) < 4.78 is 26.5. The first-order valence-electron chi connectivity index (χ1n) is 5.74. The lowest BCUT2D eigenvalue weighted by Gasteiger charge is -2.09. The van der Waals surface area contributed by atoms with Gasteiger partial charge in [-0.2, -0.15) is 0 Å². The van der Waals surface area contributed by atoms with Crippen molar-refractivity contribution in [1.82, 2.24) is 5.32 Å². The number of halogens is 3. The fourth-order valence-electron chi connectivity index (χ4n) is 1.54. The molecule has 1 aliphatic carbocycles. The number of carbonyl (C=O) groups is 1. The van der Waals surface area contributed by atoms with E-state index in [4.69, 9.17) is 0 Å². The van der Waals surface area contributed by atoms with E-state index >= 15 is 0 Å². The summed E-state index contributed by atoms with van der Waals surface area (Å²) in [4.78, 5) is 11.6. The SMILES string of the molecule is O=C(CCNC1CC1)Nc1c(F)cc(F)cc1Br. The van der Waals surface area contributed by atoms with Gasteiger partial charge in [0.1, 0.15) is 5.82 Å². The minimum atomic E-state index is -0.787. The number of carbonyl (C=O) groups excluding carboxylic acids is 1. The molecule has 1 fully saturated rings. The van der Waals surface area contributed by atoms with Gasteiger partial charge in [0, 0.05) is 29.5 Å². The number of hydrogen-bond acceptors (Lipinski definition) is 2. The van der Waals surface area contributed by atoms with Gasteiger partial charge in [-0.3, -0.25) is 4.79 Å². The zero-order valence-electron chi connectivity index (χ0n) is 9.60. The Hall–Kier alpha value is -1.01. The Morgan fingerprint density at radius 2 is 2.11 bits per heavy atom. The minimum Gasteiger partial charge on any atom is -0.323 e. The molecule has 1 saturated carbocycles. The summed E-state index contributed by atoms with van der Waals surface area (Å²) >= 11 is 3.02. The molecule has 0 heterocycles. The third-order valence-corrected chi connectivity index (χ3v) is 3.26. The number of benzene rings is 1. The third-order valence-electron chi connectivity index (χ3n) is 2.63. The largest absolute Gasteiger partial charge is 0.323 e. The number of amides is 1. The molecule has 0 atom stereocenters. The predicted molar refractivity (Wildman–Crippen MR) is 68.3 cm³/mol. The van der Waals surface area contributed by atoms with Gasteiger partial charge in [0.25, 0.3) is 0 Å². The summed E-state index contributed by atoms with van der Waals surface area (Å²) in [6.07, 6.45) is 2.57. The van der Waals surface area contributed by atoms with Crippen LogP contribution in [0.1, 0.15) is 19.3 Å². The summed E-state index contributed by atoms with van der Waals surface area (Å²) in [7, 11) is 0. The summed E-state index contributed by atoms with van der Waals surface area (Å²) in [5.41, 5.74) is -0.0205. The second-order valence-electron chi connectivity index (χ2n) is 4.27. The molecular formula is C12H13BrF2N2O. The second kappa shape index (κ2) is 5.75. The average molecular weight is 319 g/mol. The highest BCUT2D eigenvalue weighted by Crippen LogP contribution is 2.26. The van der Waals surface area contributed by atoms with E-state index in [0.717, 1.165) is 25.0 Å². The lowest BCUT2D eigenvalue weighted by atomic mass is 10.3. The van der Waals surface area contributed by atoms with Crippen molar-refractivity contribution < 1.29 is 13.6 Å². The smallest absolute Gasteiger partial charge is 0.225 e. The number of anilines is 1. The Labute approximate surface area is 112 Å². The minimum absolute atomic E-state index is 0.0205. The van der Waals surface area contributed by atoms with E-state index in [2.05, 4.69) is 26.6 Å². The molecule has 0 unspecified atom stereocenters. The number of nitrogens with one attached hydrogen (secondary N) is 2. The topological polar surface area (TPSA) is 41.1 Å². The highest BCUT2D eigenvalue weighted by Gasteiger charge is 2.20. The summed E-state index contributed by atoms with van der Waals surface area (Å²) in [5.74, 6) is -1.77. The van der Waals surface area contributed by atoms with Gasteiger partial charge in [-0.25, -0.2) is 8.78 Å². The predicted octanol–water partition coefficient (Wildman–Crippen LogP) is 2.81. The van der Waals surface area contributed by atoms with Crippen molar-refractivity contribution >= 4 is 27.5 Å². The molecule has 18 heavy (non-hydrogen) atoms. The normalized spacial score (nSPS) is 14.6. The van der Waals surface area contributed by atoms with Gasteiger partial charge in [-0.05, 0) is 34.8 Å². The van der Waals surface area contributed by atoms with Gasteiger partial charge < -0.3 is 10.6 Å². The molecule has 0 spiro atoms. The fraction of sp³-hybridized carbons (Fsp3) is 0.417. The van der Waals surface area contributed by atoms with Crippen LogP contribution in [0.15, 0.2) is 16.6 Å². The van der Waals surface area contributed by atoms with Crippen molar-refractivity contribution in [3.63, 3.8) is 0 Å². The summed E-state index contributed by atoms with van der Waals surface area (Å²) in [6.45, 7) is 0.566. The van der Waals surface area contributed by atoms with Gasteiger partial charge in [-0.1, -0.05) is 0 Å². The van der Waals surface area contributed by atoms with Crippen LogP contribution < -0.4 is 10.6 Å². The maximum Gasteiger partial charge on any atom is 0.225 e. The second-order valence-corrected chi connectivity index (χ2v) is 5.13. The highest BCUT2D eigenvalue weighted by molar-refractivity contribution is 9.10. The molecule has 2 N–H and O–H groups in total. The first-order chi connectivity index (χ1) is 8.56. The molecule has 1 aromatic carbocycles. The van der Waals surface area contributed by atoms with Crippen molar-refractivity contribution in [3.8, 4) is 0 Å². The maximum atomic E-state index is 13.4. The molecule has 2 rings (SSSR count). The van der Waals surface area contributed by atoms with Crippen molar-refractivity contribution in [1.29, 1.82) is 0 Å². The number of hydrogen-bond donors (Lipinski definition) is 2. The average Bonchev–Trinajstić information content (AvgIpc) is 3.07. The Morgan fingerprint density at radius 3 is 2.72 bits per heavy atom. The molecule has 1 aromatic rings. The lowest BCUT2D eigenvalue weighted by molar-refractivity contribution is -0.116. The van der Waals surface area contributed by atoms with E-state index in [0.29, 0.717) is 12.6 Å². The quantitative estimate of drug-likeness (QED) is 0.876. The van der Waals surface area contributed by atoms with Crippen molar-refractivity contribution in [2.24, 2.45) is 0 Å². The molecule has 98 valence electrons. The van der Waals surface area contributed by atoms with E-state index in [9.17, 15) is 13.6 Å². The lowest BCUT2D eigenvalue weighted by Crippen LogP contribution is -2.23. The van der Waals surface area contributed by atoms with Crippen molar-refractivity contribution in [2.45, 2.75) is 25.3 Å². The van der Waals surface area contributed by atoms with Gasteiger partial charge in [0.05, 0.1) is 5.69 Å². The standard InChI is InChI=1S/C12H13BrF2N2O/c13-9-5-7(14)6-10(15)12(9)17-11(18)3-4-16-8-1-2-8/h5-6,8,16H,1-4H2,(H,17,18). The van der Waals surface area contributed by atoms with E-state index in [1.54, 1.807) is 0 Å². The highest BCUT2D eigenvalue weighted by atomic mass is 79.9. The molecule has 1 amide bonds. The van der Waals surface area contributed by atoms with Gasteiger partial charge in [-0.15, -0.1) is 0 Å². The first-order valence-corrected chi connectivity index (χ1v) is 6.53. The van der Waals surface area contributed by atoms with Crippen LogP contribution in [0.3, 0.4) is 0 Å². The molecule has 3 nitrogen and oxygen atoms in total. The van der Waals surface area contributed by atoms with Gasteiger partial charge >= 0.3 is 0 Å². The molecule has 1 aliphatic rings. The molecule has 0 bridgehead atoms. The van der Waals surface area contributed by atoms with E-state index in [-0.39, 0.29) is 22.5 Å². The van der Waals surface area contributed by atoms with Crippen LogP contribution in [0.2, 0.25) is 0 Å². The molecule has 0 aliphatic heterocycles. The third kappa shape index (κ3) is 3.74. The van der Waals surface area contributed by atoms with Crippen LogP contribution in [-0.2, 0) is 4.79 Å². The van der Waals surface area contributed by atoms with E-state index in [1.165, 1.54) is 0 Å². The Balaban J connectivity index is 1.89. The number of rotatable bonds is 5. The van der Waals surface area contributed by atoms with Crippen LogP contribution in [0, 0.1) is 11.6 Å². The fourth-order valence-corrected chi connectivity index (χ4v) is 2.05. The van der Waals surface area contributed by atoms with E-state index < -0.39 is 11.6 Å². The van der Waals surface area contributed by atoms with Crippen LogP contribution in [0.4, 0.5) is 14.5 Å². The van der Waals surface area contributed by atoms with Gasteiger partial charge in [0.15, 0.2) is 5.82 Å². The molecule has 6 heteroatoms. The van der Waals surface area contributed by atoms with Crippen LogP contribution in [0.5, 0.6) is 0 Å². The summed E-state index contributed by atoms with van der Waals surface area (Å²) in [5, 5.41) is 5.62. The maximum absolute atomic E-state index is 13.4. The monoisotopic (exact) mass is 318 g/mol. The zero-order chi connectivity index (χ0) is 13.1. The van der Waals surface area contributed by atoms with E-state index in [1.807, 2.05) is 0 Å². The van der Waals surface area contributed by atoms with Gasteiger partial charge in [0.2, 0.25) is 5.91 Å². The first kappa shape index (κ1) is 13.4. The van der Waals surface area contributed by atoms with Crippen LogP contribution in [0.25, 0.3) is 0 Å². The molecular weight excluding hydrogens is 306 g/mol. The Morgan fingerprint density at radius 1 is 1.39 bits per heavy atom. The van der Waals surface area contributed by atoms with Crippen LogP contribution in [-0.4, -0.2) is 18.5 Å².